The van der Waals surface area contributed by atoms with Crippen molar-refractivity contribution in [3.05, 3.63) is 72.3 Å². The smallest absolute Gasteiger partial charge is 0.295 e. The summed E-state index contributed by atoms with van der Waals surface area (Å²) in [6, 6.07) is 11.5. The number of ether oxygens (including phenoxy) is 1. The van der Waals surface area contributed by atoms with Gasteiger partial charge in [0.2, 0.25) is 0 Å². The summed E-state index contributed by atoms with van der Waals surface area (Å²) in [5.74, 6) is 1.26. The number of nitrogens with zero attached hydrogens (tertiary/aromatic N) is 3. The first kappa shape index (κ1) is 23.6. The number of hydrogen-bond acceptors (Lipinski definition) is 7. The van der Waals surface area contributed by atoms with Gasteiger partial charge in [-0.3, -0.25) is 9.54 Å². The van der Waals surface area contributed by atoms with E-state index >= 15 is 0 Å². The topological polar surface area (TPSA) is 127 Å². The number of allylic oxidation sites excluding steroid dienone is 3. The minimum Gasteiger partial charge on any atom is -0.493 e. The van der Waals surface area contributed by atoms with Crippen LogP contribution in [0.4, 0.5) is 17.1 Å². The molecule has 2 aromatic carbocycles. The summed E-state index contributed by atoms with van der Waals surface area (Å²) >= 11 is 0. The SMILES string of the molecule is CC(C)COC1=CCCC=C1c1ccc(N=Nc2cc(S(=O)(=O)O)c3ccccc3c2N)cn1. The fraction of sp³-hybridized carbons (Fsp3) is 0.240. The number of rotatable bonds is 7. The molecule has 0 unspecified atom stereocenters. The zero-order valence-corrected chi connectivity index (χ0v) is 19.8. The quantitative estimate of drug-likeness (QED) is 0.236. The summed E-state index contributed by atoms with van der Waals surface area (Å²) in [4.78, 5) is 4.24. The Labute approximate surface area is 198 Å². The van der Waals surface area contributed by atoms with Gasteiger partial charge in [0.25, 0.3) is 10.1 Å². The Balaban J connectivity index is 1.62. The molecule has 8 nitrogen and oxygen atoms in total. The molecule has 0 fully saturated rings. The first-order valence-electron chi connectivity index (χ1n) is 10.9. The molecule has 0 spiro atoms. The van der Waals surface area contributed by atoms with Crippen molar-refractivity contribution in [2.24, 2.45) is 16.1 Å². The fourth-order valence-electron chi connectivity index (χ4n) is 3.64. The second-order valence-corrected chi connectivity index (χ2v) is 9.79. The van der Waals surface area contributed by atoms with Crippen molar-refractivity contribution in [1.29, 1.82) is 0 Å². The number of pyridine rings is 1. The summed E-state index contributed by atoms with van der Waals surface area (Å²) in [5.41, 5.74) is 8.80. The highest BCUT2D eigenvalue weighted by Crippen LogP contribution is 2.37. The summed E-state index contributed by atoms with van der Waals surface area (Å²) in [6.07, 6.45) is 7.63. The van der Waals surface area contributed by atoms with Crippen LogP contribution in [-0.2, 0) is 14.9 Å². The predicted octanol–water partition coefficient (Wildman–Crippen LogP) is 6.21. The lowest BCUT2D eigenvalue weighted by atomic mass is 10.0. The van der Waals surface area contributed by atoms with Gasteiger partial charge in [-0.15, -0.1) is 10.2 Å². The van der Waals surface area contributed by atoms with Gasteiger partial charge in [0, 0.05) is 16.3 Å². The van der Waals surface area contributed by atoms with Crippen LogP contribution in [-0.4, -0.2) is 24.6 Å². The number of nitrogens with two attached hydrogens (primary N) is 1. The molecule has 34 heavy (non-hydrogen) atoms. The zero-order chi connectivity index (χ0) is 24.3. The van der Waals surface area contributed by atoms with Crippen LogP contribution in [0.3, 0.4) is 0 Å². The predicted molar refractivity (Wildman–Crippen MR) is 133 cm³/mol. The molecule has 1 aliphatic carbocycles. The van der Waals surface area contributed by atoms with Crippen molar-refractivity contribution in [3.63, 3.8) is 0 Å². The van der Waals surface area contributed by atoms with E-state index in [1.54, 1.807) is 36.5 Å². The maximum Gasteiger partial charge on any atom is 0.295 e. The van der Waals surface area contributed by atoms with Crippen molar-refractivity contribution >= 4 is 43.5 Å². The molecule has 0 aliphatic heterocycles. The third-order valence-corrected chi connectivity index (χ3v) is 6.18. The molecule has 0 saturated heterocycles. The Morgan fingerprint density at radius 1 is 1.09 bits per heavy atom. The maximum absolute atomic E-state index is 11.9. The highest BCUT2D eigenvalue weighted by Gasteiger charge is 2.18. The molecule has 1 aliphatic rings. The van der Waals surface area contributed by atoms with Gasteiger partial charge in [-0.25, -0.2) is 0 Å². The lowest BCUT2D eigenvalue weighted by molar-refractivity contribution is 0.191. The Bertz CT molecular complexity index is 1410. The van der Waals surface area contributed by atoms with Crippen molar-refractivity contribution < 1.29 is 17.7 Å². The number of benzene rings is 2. The van der Waals surface area contributed by atoms with Crippen LogP contribution in [0.15, 0.2) is 81.7 Å². The standard InChI is InChI=1S/C25H26N4O4S/c1-16(2)15-33-23-10-6-5-9-20(23)21-12-11-17(14-27-21)28-29-22-13-24(34(30,31)32)18-7-3-4-8-19(18)25(22)26/h3-4,7-14,16H,5-6,15,26H2,1-2H3,(H,30,31,32). The monoisotopic (exact) mass is 478 g/mol. The van der Waals surface area contributed by atoms with Gasteiger partial charge in [-0.1, -0.05) is 44.2 Å². The van der Waals surface area contributed by atoms with Gasteiger partial charge in [-0.05, 0) is 43.0 Å². The zero-order valence-electron chi connectivity index (χ0n) is 19.0. The number of nitrogen functional groups attached to an aromatic ring is 1. The first-order valence-corrected chi connectivity index (χ1v) is 12.4. The van der Waals surface area contributed by atoms with Gasteiger partial charge in [-0.2, -0.15) is 8.42 Å². The summed E-state index contributed by atoms with van der Waals surface area (Å²) < 4.78 is 39.4. The van der Waals surface area contributed by atoms with E-state index in [1.807, 2.05) is 6.07 Å². The lowest BCUT2D eigenvalue weighted by Crippen LogP contribution is -2.06. The number of azo groups is 1. The number of aromatic nitrogens is 1. The third-order valence-electron chi connectivity index (χ3n) is 5.28. The Morgan fingerprint density at radius 3 is 2.50 bits per heavy atom. The fourth-order valence-corrected chi connectivity index (χ4v) is 4.36. The molecule has 4 rings (SSSR count). The van der Waals surface area contributed by atoms with Gasteiger partial charge >= 0.3 is 0 Å². The molecule has 0 atom stereocenters. The normalized spacial score (nSPS) is 14.5. The van der Waals surface area contributed by atoms with E-state index in [9.17, 15) is 13.0 Å². The second-order valence-electron chi connectivity index (χ2n) is 8.40. The Hall–Kier alpha value is -3.56. The van der Waals surface area contributed by atoms with E-state index in [-0.39, 0.29) is 16.3 Å². The molecular formula is C25H26N4O4S. The summed E-state index contributed by atoms with van der Waals surface area (Å²) in [6.45, 7) is 4.84. The summed E-state index contributed by atoms with van der Waals surface area (Å²) in [7, 11) is -4.48. The lowest BCUT2D eigenvalue weighted by Gasteiger charge is -2.18. The second kappa shape index (κ2) is 9.74. The van der Waals surface area contributed by atoms with Crippen LogP contribution in [0.5, 0.6) is 0 Å². The van der Waals surface area contributed by atoms with Crippen molar-refractivity contribution in [1.82, 2.24) is 4.98 Å². The van der Waals surface area contributed by atoms with Gasteiger partial charge in [0.15, 0.2) is 0 Å². The molecular weight excluding hydrogens is 452 g/mol. The van der Waals surface area contributed by atoms with Crippen LogP contribution >= 0.6 is 0 Å². The van der Waals surface area contributed by atoms with Crippen LogP contribution in [0.2, 0.25) is 0 Å². The van der Waals surface area contributed by atoms with E-state index in [0.29, 0.717) is 29.0 Å². The van der Waals surface area contributed by atoms with Crippen molar-refractivity contribution in [3.8, 4) is 0 Å². The van der Waals surface area contributed by atoms with Crippen molar-refractivity contribution in [2.75, 3.05) is 12.3 Å². The molecule has 1 heterocycles. The van der Waals surface area contributed by atoms with Gasteiger partial charge in [0.1, 0.15) is 22.0 Å². The molecule has 3 aromatic rings. The maximum atomic E-state index is 11.9. The number of hydrogen-bond donors (Lipinski definition) is 2. The highest BCUT2D eigenvalue weighted by molar-refractivity contribution is 7.86. The van der Waals surface area contributed by atoms with E-state index in [4.69, 9.17) is 10.5 Å². The average Bonchev–Trinajstić information content (AvgIpc) is 2.82. The molecule has 3 N–H and O–H groups in total. The van der Waals surface area contributed by atoms with E-state index in [0.717, 1.165) is 29.9 Å². The molecule has 1 aromatic heterocycles. The first-order chi connectivity index (χ1) is 16.2. The molecule has 0 amide bonds. The minimum absolute atomic E-state index is 0.137. The highest BCUT2D eigenvalue weighted by atomic mass is 32.2. The van der Waals surface area contributed by atoms with Crippen molar-refractivity contribution in [2.45, 2.75) is 31.6 Å². The van der Waals surface area contributed by atoms with E-state index < -0.39 is 10.1 Å². The number of fused-ring (bicyclic) bond motifs is 1. The molecule has 0 radical (unpaired) electrons. The average molecular weight is 479 g/mol. The van der Waals surface area contributed by atoms with E-state index in [1.165, 1.54) is 6.07 Å². The molecule has 9 heteroatoms. The van der Waals surface area contributed by atoms with Crippen LogP contribution < -0.4 is 5.73 Å². The Kier molecular flexibility index (Phi) is 6.76. The summed E-state index contributed by atoms with van der Waals surface area (Å²) in [5, 5.41) is 9.09. The molecule has 0 bridgehead atoms. The third kappa shape index (κ3) is 5.16. The molecule has 176 valence electrons. The van der Waals surface area contributed by atoms with Crippen LogP contribution in [0.1, 0.15) is 32.4 Å². The van der Waals surface area contributed by atoms with Gasteiger partial charge in [0.05, 0.1) is 24.2 Å². The van der Waals surface area contributed by atoms with Crippen LogP contribution in [0, 0.1) is 5.92 Å². The molecule has 0 saturated carbocycles. The largest absolute Gasteiger partial charge is 0.493 e. The number of anilines is 1. The van der Waals surface area contributed by atoms with Crippen LogP contribution in [0.25, 0.3) is 16.3 Å². The Morgan fingerprint density at radius 2 is 1.82 bits per heavy atom. The van der Waals surface area contributed by atoms with Gasteiger partial charge < -0.3 is 10.5 Å². The van der Waals surface area contributed by atoms with E-state index in [2.05, 4.69) is 41.2 Å². The minimum atomic E-state index is -4.48.